The van der Waals surface area contributed by atoms with E-state index in [2.05, 4.69) is 10.3 Å². The van der Waals surface area contributed by atoms with Crippen LogP contribution in [0.25, 0.3) is 10.6 Å². The lowest BCUT2D eigenvalue weighted by Gasteiger charge is -2.17. The normalized spacial score (nSPS) is 14.7. The number of carbonyl (C=O) groups excluding carboxylic acids is 1. The van der Waals surface area contributed by atoms with Crippen LogP contribution in [0, 0.1) is 5.82 Å². The molecule has 156 valence electrons. The zero-order valence-corrected chi connectivity index (χ0v) is 18.0. The number of aromatic nitrogens is 1. The van der Waals surface area contributed by atoms with E-state index in [0.29, 0.717) is 23.7 Å². The number of amides is 1. The number of halogens is 2. The first-order valence-corrected chi connectivity index (χ1v) is 11.9. The van der Waals surface area contributed by atoms with Gasteiger partial charge in [0.25, 0.3) is 5.91 Å². The summed E-state index contributed by atoms with van der Waals surface area (Å²) in [5, 5.41) is 4.63. The number of hydrogen-bond donors (Lipinski definition) is 1. The maximum Gasteiger partial charge on any atom is 0.275 e. The van der Waals surface area contributed by atoms with E-state index < -0.39 is 21.7 Å². The van der Waals surface area contributed by atoms with Crippen molar-refractivity contribution in [3.05, 3.63) is 64.4 Å². The molecule has 1 saturated heterocycles. The molecule has 30 heavy (non-hydrogen) atoms. The number of hydrogen-bond acceptors (Lipinski definition) is 5. The van der Waals surface area contributed by atoms with E-state index in [1.807, 2.05) is 0 Å². The van der Waals surface area contributed by atoms with Crippen LogP contribution in [0.4, 0.5) is 10.1 Å². The Morgan fingerprint density at radius 3 is 2.63 bits per heavy atom. The highest BCUT2D eigenvalue weighted by atomic mass is 35.5. The molecule has 0 radical (unpaired) electrons. The second-order valence-electron chi connectivity index (χ2n) is 6.73. The van der Waals surface area contributed by atoms with Crippen LogP contribution in [0.5, 0.6) is 0 Å². The van der Waals surface area contributed by atoms with Crippen molar-refractivity contribution in [2.45, 2.75) is 17.7 Å². The molecule has 1 aromatic heterocycles. The molecule has 0 aliphatic carbocycles. The fourth-order valence-electron chi connectivity index (χ4n) is 3.18. The lowest BCUT2D eigenvalue weighted by molar-refractivity contribution is 0.102. The van der Waals surface area contributed by atoms with Gasteiger partial charge in [-0.1, -0.05) is 23.7 Å². The van der Waals surface area contributed by atoms with Crippen LogP contribution in [0.2, 0.25) is 5.02 Å². The fourth-order valence-corrected chi connectivity index (χ4v) is 6.02. The molecule has 0 saturated carbocycles. The lowest BCUT2D eigenvalue weighted by Crippen LogP contribution is -2.28. The Morgan fingerprint density at radius 1 is 1.17 bits per heavy atom. The summed E-state index contributed by atoms with van der Waals surface area (Å²) in [6.07, 6.45) is 1.61. The summed E-state index contributed by atoms with van der Waals surface area (Å²) in [4.78, 5) is 16.7. The van der Waals surface area contributed by atoms with Gasteiger partial charge < -0.3 is 5.32 Å². The van der Waals surface area contributed by atoms with Crippen LogP contribution in [0.3, 0.4) is 0 Å². The molecule has 0 atom stereocenters. The number of benzene rings is 2. The second kappa shape index (κ2) is 8.43. The highest BCUT2D eigenvalue weighted by Gasteiger charge is 2.29. The van der Waals surface area contributed by atoms with Crippen molar-refractivity contribution in [1.82, 2.24) is 9.29 Å². The quantitative estimate of drug-likeness (QED) is 0.595. The van der Waals surface area contributed by atoms with Gasteiger partial charge in [0.1, 0.15) is 21.4 Å². The maximum absolute atomic E-state index is 13.9. The zero-order chi connectivity index (χ0) is 21.3. The Labute approximate surface area is 182 Å². The molecule has 6 nitrogen and oxygen atoms in total. The molecule has 3 aromatic rings. The number of thiazole rings is 1. The molecular weight excluding hydrogens is 449 g/mol. The Bertz CT molecular complexity index is 1210. The van der Waals surface area contributed by atoms with Gasteiger partial charge in [-0.05, 0) is 43.2 Å². The van der Waals surface area contributed by atoms with Gasteiger partial charge in [0.15, 0.2) is 0 Å². The zero-order valence-electron chi connectivity index (χ0n) is 15.6. The SMILES string of the molecule is O=C(Nc1ccc(Cl)c(S(=O)(=O)N2CCCC2)c1)c1csc(-c2ccccc2F)n1. The van der Waals surface area contributed by atoms with Gasteiger partial charge >= 0.3 is 0 Å². The monoisotopic (exact) mass is 465 g/mol. The summed E-state index contributed by atoms with van der Waals surface area (Å²) in [7, 11) is -3.73. The van der Waals surface area contributed by atoms with Crippen LogP contribution >= 0.6 is 22.9 Å². The van der Waals surface area contributed by atoms with Gasteiger partial charge in [-0.25, -0.2) is 17.8 Å². The summed E-state index contributed by atoms with van der Waals surface area (Å²) >= 11 is 7.28. The molecule has 10 heteroatoms. The van der Waals surface area contributed by atoms with Crippen LogP contribution in [-0.2, 0) is 10.0 Å². The van der Waals surface area contributed by atoms with Crippen molar-refractivity contribution >= 4 is 44.6 Å². The Balaban J connectivity index is 1.57. The van der Waals surface area contributed by atoms with Gasteiger partial charge in [0, 0.05) is 29.7 Å². The van der Waals surface area contributed by atoms with E-state index in [9.17, 15) is 17.6 Å². The number of anilines is 1. The van der Waals surface area contributed by atoms with Crippen LogP contribution in [0.1, 0.15) is 23.3 Å². The number of nitrogens with zero attached hydrogens (tertiary/aromatic N) is 2. The van der Waals surface area contributed by atoms with E-state index in [0.717, 1.165) is 24.2 Å². The fraction of sp³-hybridized carbons (Fsp3) is 0.200. The number of rotatable bonds is 5. The summed E-state index contributed by atoms with van der Waals surface area (Å²) in [6, 6.07) is 10.5. The molecule has 1 aliphatic heterocycles. The minimum atomic E-state index is -3.73. The van der Waals surface area contributed by atoms with E-state index in [1.165, 1.54) is 34.0 Å². The number of nitrogens with one attached hydrogen (secondary N) is 1. The first-order chi connectivity index (χ1) is 14.4. The molecule has 2 heterocycles. The molecule has 2 aromatic carbocycles. The van der Waals surface area contributed by atoms with Crippen molar-refractivity contribution < 1.29 is 17.6 Å². The van der Waals surface area contributed by atoms with Gasteiger partial charge in [0.2, 0.25) is 10.0 Å². The highest BCUT2D eigenvalue weighted by molar-refractivity contribution is 7.89. The lowest BCUT2D eigenvalue weighted by atomic mass is 10.2. The van der Waals surface area contributed by atoms with Crippen LogP contribution in [0.15, 0.2) is 52.7 Å². The summed E-state index contributed by atoms with van der Waals surface area (Å²) in [5.41, 5.74) is 0.701. The Hall–Kier alpha value is -2.33. The summed E-state index contributed by atoms with van der Waals surface area (Å²) in [6.45, 7) is 0.903. The molecule has 0 unspecified atom stereocenters. The molecule has 1 amide bonds. The first-order valence-electron chi connectivity index (χ1n) is 9.18. The van der Waals surface area contributed by atoms with Crippen molar-refractivity contribution in [3.8, 4) is 10.6 Å². The Kier molecular flexibility index (Phi) is 5.88. The van der Waals surface area contributed by atoms with Crippen molar-refractivity contribution in [3.63, 3.8) is 0 Å². The van der Waals surface area contributed by atoms with Gasteiger partial charge in [-0.3, -0.25) is 4.79 Å². The predicted octanol–water partition coefficient (Wildman–Crippen LogP) is 4.64. The number of sulfonamides is 1. The number of carbonyl (C=O) groups is 1. The van der Waals surface area contributed by atoms with Crippen molar-refractivity contribution in [1.29, 1.82) is 0 Å². The maximum atomic E-state index is 13.9. The van der Waals surface area contributed by atoms with E-state index in [-0.39, 0.29) is 21.3 Å². The van der Waals surface area contributed by atoms with Gasteiger partial charge in [0.05, 0.1) is 5.02 Å². The smallest absolute Gasteiger partial charge is 0.275 e. The van der Waals surface area contributed by atoms with E-state index in [1.54, 1.807) is 18.2 Å². The molecule has 0 bridgehead atoms. The molecule has 1 aliphatic rings. The molecule has 1 N–H and O–H groups in total. The minimum Gasteiger partial charge on any atom is -0.321 e. The molecule has 4 rings (SSSR count). The van der Waals surface area contributed by atoms with E-state index in [4.69, 9.17) is 11.6 Å². The average molecular weight is 466 g/mol. The summed E-state index contributed by atoms with van der Waals surface area (Å²) in [5.74, 6) is -0.950. The molecule has 1 fully saturated rings. The Morgan fingerprint density at radius 2 is 1.90 bits per heavy atom. The average Bonchev–Trinajstić information content (AvgIpc) is 3.42. The highest BCUT2D eigenvalue weighted by Crippen LogP contribution is 2.30. The van der Waals surface area contributed by atoms with Gasteiger partial charge in [-0.15, -0.1) is 11.3 Å². The topological polar surface area (TPSA) is 79.4 Å². The van der Waals surface area contributed by atoms with Gasteiger partial charge in [-0.2, -0.15) is 4.31 Å². The van der Waals surface area contributed by atoms with E-state index >= 15 is 0 Å². The second-order valence-corrected chi connectivity index (χ2v) is 9.90. The van der Waals surface area contributed by atoms with Crippen molar-refractivity contribution in [2.24, 2.45) is 0 Å². The third-order valence-electron chi connectivity index (χ3n) is 4.71. The summed E-state index contributed by atoms with van der Waals surface area (Å²) < 4.78 is 41.0. The largest absolute Gasteiger partial charge is 0.321 e. The minimum absolute atomic E-state index is 0.0470. The van der Waals surface area contributed by atoms with Crippen molar-refractivity contribution in [2.75, 3.05) is 18.4 Å². The standard InChI is InChI=1S/C20H17ClFN3O3S2/c21-15-8-7-13(11-18(15)30(27,28)25-9-3-4-10-25)23-19(26)17-12-29-20(24-17)14-5-1-2-6-16(14)22/h1-2,5-8,11-12H,3-4,9-10H2,(H,23,26). The predicted molar refractivity (Wildman–Crippen MR) is 115 cm³/mol. The van der Waals surface area contributed by atoms with Crippen LogP contribution in [-0.4, -0.2) is 36.7 Å². The third-order valence-corrected chi connectivity index (χ3v) is 7.97. The third kappa shape index (κ3) is 4.11. The first kappa shape index (κ1) is 20.9. The molecule has 0 spiro atoms. The van der Waals surface area contributed by atoms with Crippen LogP contribution < -0.4 is 5.32 Å². The molecular formula is C20H17ClFN3O3S2.